The molecule has 2 bridgehead atoms. The molecule has 0 aliphatic carbocycles. The van der Waals surface area contributed by atoms with Crippen molar-refractivity contribution in [1.29, 1.82) is 0 Å². The van der Waals surface area contributed by atoms with Gasteiger partial charge in [-0.05, 0) is 39.0 Å². The molecule has 0 saturated carbocycles. The van der Waals surface area contributed by atoms with Crippen molar-refractivity contribution in [3.05, 3.63) is 25.3 Å². The second kappa shape index (κ2) is 12.8. The third-order valence-corrected chi connectivity index (χ3v) is 10.5. The standard InChI is InChI=1S/C29H47N3O4S/c1-6-9-12-19-31(18-8-3)27(36)24-29-16-15-28(4,37-29)22(25(34)30(5)17-7-2)23(29)26(35)32(24)20-13-10-11-14-21-33/h7-8,22-24,33H,2-3,6,9-21H2,1,4-5H3/t22-,23-,24?,28+,29?/m0/s1. The first-order valence-electron chi connectivity index (χ1n) is 14.1. The minimum atomic E-state index is -0.576. The molecule has 8 heteroatoms. The molecule has 7 nitrogen and oxygen atoms in total. The van der Waals surface area contributed by atoms with Crippen LogP contribution in [0.1, 0.15) is 71.6 Å². The van der Waals surface area contributed by atoms with Crippen LogP contribution in [-0.2, 0) is 14.4 Å². The van der Waals surface area contributed by atoms with Crippen LogP contribution in [0.25, 0.3) is 0 Å². The van der Waals surface area contributed by atoms with Gasteiger partial charge in [-0.25, -0.2) is 0 Å². The summed E-state index contributed by atoms with van der Waals surface area (Å²) in [5.74, 6) is -0.966. The number of carbonyl (C=O) groups excluding carboxylic acids is 3. The summed E-state index contributed by atoms with van der Waals surface area (Å²) in [7, 11) is 1.78. The van der Waals surface area contributed by atoms with Crippen molar-refractivity contribution in [2.24, 2.45) is 11.8 Å². The molecule has 1 N–H and O–H groups in total. The molecule has 3 saturated heterocycles. The topological polar surface area (TPSA) is 81.2 Å². The van der Waals surface area contributed by atoms with Gasteiger partial charge in [0, 0.05) is 44.6 Å². The zero-order valence-corrected chi connectivity index (χ0v) is 23.9. The molecule has 37 heavy (non-hydrogen) atoms. The van der Waals surface area contributed by atoms with Gasteiger partial charge in [0.15, 0.2) is 0 Å². The van der Waals surface area contributed by atoms with E-state index >= 15 is 0 Å². The van der Waals surface area contributed by atoms with Gasteiger partial charge in [-0.3, -0.25) is 14.4 Å². The number of nitrogens with zero attached hydrogens (tertiary/aromatic N) is 3. The fraction of sp³-hybridized carbons (Fsp3) is 0.759. The molecular formula is C29H47N3O4S. The van der Waals surface area contributed by atoms with Crippen LogP contribution in [0.4, 0.5) is 0 Å². The number of hydrogen-bond acceptors (Lipinski definition) is 5. The van der Waals surface area contributed by atoms with Crippen LogP contribution < -0.4 is 0 Å². The number of fused-ring (bicyclic) bond motifs is 1. The highest BCUT2D eigenvalue weighted by molar-refractivity contribution is 8.02. The number of hydrogen-bond donors (Lipinski definition) is 1. The highest BCUT2D eigenvalue weighted by Gasteiger charge is 2.77. The highest BCUT2D eigenvalue weighted by Crippen LogP contribution is 2.71. The van der Waals surface area contributed by atoms with Crippen molar-refractivity contribution in [3.63, 3.8) is 0 Å². The molecule has 5 atom stereocenters. The average Bonchev–Trinajstić information content (AvgIpc) is 3.43. The third kappa shape index (κ3) is 5.65. The summed E-state index contributed by atoms with van der Waals surface area (Å²) in [6.45, 7) is 14.2. The maximum Gasteiger partial charge on any atom is 0.247 e. The lowest BCUT2D eigenvalue weighted by Gasteiger charge is -2.38. The quantitative estimate of drug-likeness (QED) is 0.241. The fourth-order valence-corrected chi connectivity index (χ4v) is 9.11. The van der Waals surface area contributed by atoms with Crippen molar-refractivity contribution < 1.29 is 19.5 Å². The number of likely N-dealkylation sites (tertiary alicyclic amines) is 1. The second-order valence-corrected chi connectivity index (χ2v) is 13.1. The number of unbranched alkanes of at least 4 members (excludes halogenated alkanes) is 5. The zero-order valence-electron chi connectivity index (χ0n) is 23.1. The van der Waals surface area contributed by atoms with Crippen LogP contribution in [0.3, 0.4) is 0 Å². The molecule has 3 aliphatic rings. The SMILES string of the molecule is C=CCN(C)C(=O)[C@@H]1[C@H]2C(=O)N(CCCCCCO)C(C(=O)N(CC=C)CCCCC)C23CC[C@@]1(C)S3. The molecule has 1 spiro atoms. The van der Waals surface area contributed by atoms with Gasteiger partial charge in [0.25, 0.3) is 0 Å². The van der Waals surface area contributed by atoms with Crippen LogP contribution in [0.2, 0.25) is 0 Å². The van der Waals surface area contributed by atoms with Crippen LogP contribution in [-0.4, -0.2) is 92.9 Å². The van der Waals surface area contributed by atoms with Crippen molar-refractivity contribution in [3.8, 4) is 0 Å². The van der Waals surface area contributed by atoms with E-state index in [1.807, 2.05) is 9.80 Å². The normalized spacial score (nSPS) is 29.9. The Bertz CT molecular complexity index is 866. The molecule has 0 aromatic rings. The molecule has 3 heterocycles. The number of likely N-dealkylation sites (N-methyl/N-ethyl adjacent to an activating group) is 1. The number of thioether (sulfide) groups is 1. The molecule has 2 unspecified atom stereocenters. The van der Waals surface area contributed by atoms with Gasteiger partial charge in [-0.1, -0.05) is 44.8 Å². The monoisotopic (exact) mass is 533 g/mol. The van der Waals surface area contributed by atoms with E-state index in [1.165, 1.54) is 0 Å². The van der Waals surface area contributed by atoms with Crippen molar-refractivity contribution >= 4 is 29.5 Å². The van der Waals surface area contributed by atoms with Gasteiger partial charge < -0.3 is 19.8 Å². The molecule has 0 aromatic carbocycles. The van der Waals surface area contributed by atoms with Crippen LogP contribution in [0.5, 0.6) is 0 Å². The Kier molecular flexibility index (Phi) is 10.3. The maximum atomic E-state index is 14.3. The Hall–Kier alpha value is -1.80. The van der Waals surface area contributed by atoms with Gasteiger partial charge in [-0.2, -0.15) is 0 Å². The van der Waals surface area contributed by atoms with E-state index in [-0.39, 0.29) is 29.1 Å². The highest BCUT2D eigenvalue weighted by atomic mass is 32.2. The lowest BCUT2D eigenvalue weighted by Crippen LogP contribution is -2.55. The predicted octanol–water partition coefficient (Wildman–Crippen LogP) is 3.87. The van der Waals surface area contributed by atoms with E-state index < -0.39 is 22.6 Å². The zero-order chi connectivity index (χ0) is 27.2. The van der Waals surface area contributed by atoms with E-state index in [2.05, 4.69) is 27.0 Å². The molecule has 3 amide bonds. The average molecular weight is 534 g/mol. The molecular weight excluding hydrogens is 486 g/mol. The number of aliphatic hydroxyl groups excluding tert-OH is 1. The Morgan fingerprint density at radius 1 is 1.08 bits per heavy atom. The molecule has 0 radical (unpaired) electrons. The largest absolute Gasteiger partial charge is 0.396 e. The summed E-state index contributed by atoms with van der Waals surface area (Å²) in [5.41, 5.74) is 0. The Labute approximate surface area is 227 Å². The van der Waals surface area contributed by atoms with E-state index in [1.54, 1.807) is 35.9 Å². The van der Waals surface area contributed by atoms with Gasteiger partial charge >= 0.3 is 0 Å². The number of amides is 3. The van der Waals surface area contributed by atoms with Crippen LogP contribution in [0, 0.1) is 11.8 Å². The van der Waals surface area contributed by atoms with Crippen LogP contribution in [0.15, 0.2) is 25.3 Å². The van der Waals surface area contributed by atoms with Gasteiger partial charge in [0.2, 0.25) is 17.7 Å². The van der Waals surface area contributed by atoms with Crippen LogP contribution >= 0.6 is 11.8 Å². The lowest BCUT2D eigenvalue weighted by molar-refractivity contribution is -0.145. The smallest absolute Gasteiger partial charge is 0.247 e. The summed E-state index contributed by atoms with van der Waals surface area (Å²) >= 11 is 1.74. The number of rotatable bonds is 16. The minimum absolute atomic E-state index is 0.00602. The molecule has 3 rings (SSSR count). The van der Waals surface area contributed by atoms with Gasteiger partial charge in [0.05, 0.1) is 16.6 Å². The molecule has 0 aromatic heterocycles. The van der Waals surface area contributed by atoms with Crippen molar-refractivity contribution in [2.45, 2.75) is 87.2 Å². The summed E-state index contributed by atoms with van der Waals surface area (Å²) in [4.78, 5) is 47.6. The fourth-order valence-electron chi connectivity index (χ4n) is 6.76. The van der Waals surface area contributed by atoms with E-state index in [9.17, 15) is 14.4 Å². The van der Waals surface area contributed by atoms with E-state index in [0.717, 1.165) is 57.8 Å². The Balaban J connectivity index is 1.97. The number of aliphatic hydroxyl groups is 1. The van der Waals surface area contributed by atoms with E-state index in [0.29, 0.717) is 26.2 Å². The lowest BCUT2D eigenvalue weighted by atomic mass is 9.66. The molecule has 208 valence electrons. The predicted molar refractivity (Wildman–Crippen MR) is 150 cm³/mol. The first kappa shape index (κ1) is 29.8. The summed E-state index contributed by atoms with van der Waals surface area (Å²) in [6.07, 6.45) is 11.4. The molecule has 3 fully saturated rings. The van der Waals surface area contributed by atoms with Gasteiger partial charge in [-0.15, -0.1) is 24.9 Å². The maximum absolute atomic E-state index is 14.3. The summed E-state index contributed by atoms with van der Waals surface area (Å²) < 4.78 is -0.933. The minimum Gasteiger partial charge on any atom is -0.396 e. The van der Waals surface area contributed by atoms with Crippen molar-refractivity contribution in [2.75, 3.05) is 39.8 Å². The second-order valence-electron chi connectivity index (χ2n) is 11.2. The third-order valence-electron chi connectivity index (χ3n) is 8.56. The number of carbonyl (C=O) groups is 3. The summed E-state index contributed by atoms with van der Waals surface area (Å²) in [6, 6.07) is -0.557. The first-order valence-corrected chi connectivity index (χ1v) is 14.9. The first-order chi connectivity index (χ1) is 17.7. The molecule has 3 aliphatic heterocycles. The summed E-state index contributed by atoms with van der Waals surface area (Å²) in [5, 5.41) is 9.13. The van der Waals surface area contributed by atoms with E-state index in [4.69, 9.17) is 5.11 Å². The van der Waals surface area contributed by atoms with Crippen molar-refractivity contribution in [1.82, 2.24) is 14.7 Å². The van der Waals surface area contributed by atoms with Gasteiger partial charge in [0.1, 0.15) is 6.04 Å². The Morgan fingerprint density at radius 3 is 2.43 bits per heavy atom. The Morgan fingerprint density at radius 2 is 1.78 bits per heavy atom.